The molecule has 12 nitrogen and oxygen atoms in total. The topological polar surface area (TPSA) is 135 Å². The Morgan fingerprint density at radius 2 is 1.67 bits per heavy atom. The van der Waals surface area contributed by atoms with Gasteiger partial charge in [0.25, 0.3) is 17.5 Å². The number of nitro benzene ring substituents is 1. The Morgan fingerprint density at radius 1 is 0.952 bits per heavy atom. The molecule has 0 aromatic heterocycles. The summed E-state index contributed by atoms with van der Waals surface area (Å²) in [6.07, 6.45) is 0.767. The van der Waals surface area contributed by atoms with Crippen molar-refractivity contribution in [2.75, 3.05) is 38.0 Å². The minimum absolute atomic E-state index is 0.0841. The Morgan fingerprint density at radius 3 is 2.38 bits per heavy atom. The molecule has 3 amide bonds. The van der Waals surface area contributed by atoms with Gasteiger partial charge in [-0.1, -0.05) is 24.3 Å². The summed E-state index contributed by atoms with van der Waals surface area (Å²) in [6, 6.07) is 20.6. The number of likely N-dealkylation sites (tertiary alicyclic amines) is 1. The zero-order valence-electron chi connectivity index (χ0n) is 22.7. The molecule has 0 atom stereocenters. The number of para-hydroxylation sites is 1. The zero-order chi connectivity index (χ0) is 29.3. The normalized spacial score (nSPS) is 17.0. The highest BCUT2D eigenvalue weighted by Crippen LogP contribution is 2.40. The van der Waals surface area contributed by atoms with Crippen molar-refractivity contribution >= 4 is 29.1 Å². The zero-order valence-corrected chi connectivity index (χ0v) is 22.7. The van der Waals surface area contributed by atoms with E-state index in [4.69, 9.17) is 9.47 Å². The van der Waals surface area contributed by atoms with Gasteiger partial charge in [-0.15, -0.1) is 0 Å². The average Bonchev–Trinajstić information content (AvgIpc) is 3.59. The number of anilines is 1. The molecule has 3 aliphatic heterocycles. The van der Waals surface area contributed by atoms with Gasteiger partial charge in [0.05, 0.1) is 11.6 Å². The molecule has 0 bridgehead atoms. The first-order chi connectivity index (χ1) is 20.3. The molecule has 0 saturated carbocycles. The molecule has 0 unspecified atom stereocenters. The van der Waals surface area contributed by atoms with Gasteiger partial charge in [0, 0.05) is 43.0 Å². The Balaban J connectivity index is 1.14. The van der Waals surface area contributed by atoms with Crippen LogP contribution in [0.5, 0.6) is 11.5 Å². The van der Waals surface area contributed by atoms with Crippen molar-refractivity contribution in [3.05, 3.63) is 94.0 Å². The van der Waals surface area contributed by atoms with E-state index in [0.717, 1.165) is 11.3 Å². The van der Waals surface area contributed by atoms with Crippen molar-refractivity contribution in [2.24, 2.45) is 0 Å². The van der Waals surface area contributed by atoms with Crippen LogP contribution in [-0.4, -0.2) is 71.1 Å². The lowest BCUT2D eigenvalue weighted by Gasteiger charge is -2.43. The highest BCUT2D eigenvalue weighted by Gasteiger charge is 2.54. The summed E-state index contributed by atoms with van der Waals surface area (Å²) in [5.41, 5.74) is 1.09. The van der Waals surface area contributed by atoms with E-state index in [-0.39, 0.29) is 50.0 Å². The van der Waals surface area contributed by atoms with Crippen LogP contribution in [0.1, 0.15) is 28.8 Å². The van der Waals surface area contributed by atoms with Gasteiger partial charge in [0.15, 0.2) is 11.5 Å². The minimum Gasteiger partial charge on any atom is -0.454 e. The number of nitrogens with one attached hydrogen (secondary N) is 1. The predicted octanol–water partition coefficient (Wildman–Crippen LogP) is 2.92. The molecule has 42 heavy (non-hydrogen) atoms. The lowest BCUT2D eigenvalue weighted by molar-refractivity contribution is -0.384. The SMILES string of the molecule is O=C(CN1CN(c2ccccc2)C2(CCN(C(=O)c3ccc([N+](=O)[O-])cc3)CC2)C1=O)NCc1ccc2c(c1)OCO2. The molecular formula is C30H29N5O7. The second-order valence-electron chi connectivity index (χ2n) is 10.5. The van der Waals surface area contributed by atoms with E-state index in [2.05, 4.69) is 5.32 Å². The fraction of sp³-hybridized carbons (Fsp3) is 0.300. The molecular weight excluding hydrogens is 542 g/mol. The number of non-ortho nitro benzene ring substituents is 1. The van der Waals surface area contributed by atoms with Gasteiger partial charge >= 0.3 is 0 Å². The molecule has 216 valence electrons. The molecule has 3 aromatic carbocycles. The van der Waals surface area contributed by atoms with Gasteiger partial charge in [-0.2, -0.15) is 0 Å². The van der Waals surface area contributed by atoms with Gasteiger partial charge in [-0.05, 0) is 54.8 Å². The van der Waals surface area contributed by atoms with Crippen molar-refractivity contribution in [3.8, 4) is 11.5 Å². The van der Waals surface area contributed by atoms with Gasteiger partial charge in [0.1, 0.15) is 12.1 Å². The maximum Gasteiger partial charge on any atom is 0.269 e. The van der Waals surface area contributed by atoms with Crippen LogP contribution >= 0.6 is 0 Å². The predicted molar refractivity (Wildman–Crippen MR) is 151 cm³/mol. The summed E-state index contributed by atoms with van der Waals surface area (Å²) >= 11 is 0. The molecule has 3 aliphatic rings. The average molecular weight is 572 g/mol. The lowest BCUT2D eigenvalue weighted by atomic mass is 9.85. The highest BCUT2D eigenvalue weighted by atomic mass is 16.7. The number of amides is 3. The third-order valence-electron chi connectivity index (χ3n) is 8.05. The quantitative estimate of drug-likeness (QED) is 0.338. The van der Waals surface area contributed by atoms with Crippen LogP contribution in [0, 0.1) is 10.1 Å². The van der Waals surface area contributed by atoms with Crippen LogP contribution in [0.25, 0.3) is 0 Å². The summed E-state index contributed by atoms with van der Waals surface area (Å²) in [7, 11) is 0. The second-order valence-corrected chi connectivity index (χ2v) is 10.5. The van der Waals surface area contributed by atoms with E-state index in [1.807, 2.05) is 47.4 Å². The third kappa shape index (κ3) is 5.06. The first kappa shape index (κ1) is 27.1. The molecule has 0 aliphatic carbocycles. The molecule has 1 N–H and O–H groups in total. The van der Waals surface area contributed by atoms with Crippen molar-refractivity contribution < 1.29 is 28.8 Å². The Labute approximate surface area is 241 Å². The number of piperidine rings is 1. The first-order valence-corrected chi connectivity index (χ1v) is 13.7. The van der Waals surface area contributed by atoms with Gasteiger partial charge in [-0.3, -0.25) is 24.5 Å². The lowest BCUT2D eigenvalue weighted by Crippen LogP contribution is -2.57. The third-order valence-corrected chi connectivity index (χ3v) is 8.05. The largest absolute Gasteiger partial charge is 0.454 e. The maximum absolute atomic E-state index is 14.0. The Hall–Kier alpha value is -5.13. The summed E-state index contributed by atoms with van der Waals surface area (Å²) in [6.45, 7) is 1.26. The van der Waals surface area contributed by atoms with E-state index in [1.165, 1.54) is 24.3 Å². The number of fused-ring (bicyclic) bond motifs is 1. The maximum atomic E-state index is 14.0. The molecule has 6 rings (SSSR count). The van der Waals surface area contributed by atoms with Crippen LogP contribution in [0.4, 0.5) is 11.4 Å². The summed E-state index contributed by atoms with van der Waals surface area (Å²) in [5.74, 6) is 0.634. The van der Waals surface area contributed by atoms with E-state index >= 15 is 0 Å². The molecule has 2 fully saturated rings. The number of ether oxygens (including phenoxy) is 2. The van der Waals surface area contributed by atoms with E-state index in [0.29, 0.717) is 43.0 Å². The Bertz CT molecular complexity index is 1520. The number of nitro groups is 1. The van der Waals surface area contributed by atoms with Crippen LogP contribution in [0.3, 0.4) is 0 Å². The van der Waals surface area contributed by atoms with Crippen LogP contribution in [0.15, 0.2) is 72.8 Å². The second kappa shape index (κ2) is 11.0. The number of hydrogen-bond acceptors (Lipinski definition) is 8. The standard InChI is InChI=1S/C30H29N5O7/c36-27(31-17-21-6-11-25-26(16-21)42-20-41-25)18-33-19-34(23-4-2-1-3-5-23)30(29(33)38)12-14-32(15-13-30)28(37)22-7-9-24(10-8-22)35(39)40/h1-11,16H,12-15,17-20H2,(H,31,36). The van der Waals surface area contributed by atoms with Crippen molar-refractivity contribution in [2.45, 2.75) is 24.9 Å². The van der Waals surface area contributed by atoms with Gasteiger partial charge in [-0.25, -0.2) is 0 Å². The molecule has 1 spiro atoms. The molecule has 3 aromatic rings. The number of carbonyl (C=O) groups is 3. The smallest absolute Gasteiger partial charge is 0.269 e. The molecule has 0 radical (unpaired) electrons. The number of hydrogen-bond donors (Lipinski definition) is 1. The molecule has 3 heterocycles. The number of carbonyl (C=O) groups excluding carboxylic acids is 3. The van der Waals surface area contributed by atoms with E-state index < -0.39 is 10.5 Å². The van der Waals surface area contributed by atoms with Crippen LogP contribution in [0.2, 0.25) is 0 Å². The van der Waals surface area contributed by atoms with Crippen molar-refractivity contribution in [1.82, 2.24) is 15.1 Å². The van der Waals surface area contributed by atoms with Crippen molar-refractivity contribution in [1.29, 1.82) is 0 Å². The summed E-state index contributed by atoms with van der Waals surface area (Å²) in [4.78, 5) is 55.8. The van der Waals surface area contributed by atoms with Gasteiger partial charge in [0.2, 0.25) is 12.7 Å². The Kier molecular flexibility index (Phi) is 7.11. The summed E-state index contributed by atoms with van der Waals surface area (Å²) in [5, 5.41) is 13.9. The number of benzene rings is 3. The van der Waals surface area contributed by atoms with Crippen LogP contribution < -0.4 is 19.7 Å². The minimum atomic E-state index is -0.898. The number of rotatable bonds is 7. The molecule has 12 heteroatoms. The van der Waals surface area contributed by atoms with Gasteiger partial charge < -0.3 is 29.5 Å². The fourth-order valence-corrected chi connectivity index (χ4v) is 5.79. The van der Waals surface area contributed by atoms with E-state index in [9.17, 15) is 24.5 Å². The molecule has 2 saturated heterocycles. The fourth-order valence-electron chi connectivity index (χ4n) is 5.79. The monoisotopic (exact) mass is 571 g/mol. The number of nitrogens with zero attached hydrogens (tertiary/aromatic N) is 4. The highest BCUT2D eigenvalue weighted by molar-refractivity contribution is 5.97. The van der Waals surface area contributed by atoms with Crippen molar-refractivity contribution in [3.63, 3.8) is 0 Å². The summed E-state index contributed by atoms with van der Waals surface area (Å²) < 4.78 is 10.7. The first-order valence-electron chi connectivity index (χ1n) is 13.7. The van der Waals surface area contributed by atoms with Crippen LogP contribution in [-0.2, 0) is 16.1 Å². The van der Waals surface area contributed by atoms with E-state index in [1.54, 1.807) is 15.9 Å².